The zero-order valence-corrected chi connectivity index (χ0v) is 18.9. The van der Waals surface area contributed by atoms with Gasteiger partial charge < -0.3 is 19.7 Å². The Bertz CT molecular complexity index is 1400. The Morgan fingerprint density at radius 1 is 0.853 bits per heavy atom. The van der Waals surface area contributed by atoms with Crippen molar-refractivity contribution in [2.75, 3.05) is 11.9 Å². The maximum Gasteiger partial charge on any atom is 0.255 e. The first-order valence-corrected chi connectivity index (χ1v) is 11.3. The van der Waals surface area contributed by atoms with Crippen molar-refractivity contribution in [3.8, 4) is 5.75 Å². The van der Waals surface area contributed by atoms with Gasteiger partial charge in [0.05, 0.1) is 6.54 Å². The van der Waals surface area contributed by atoms with Gasteiger partial charge in [0.2, 0.25) is 0 Å². The molecule has 0 spiro atoms. The lowest BCUT2D eigenvalue weighted by Gasteiger charge is -2.15. The Morgan fingerprint density at radius 2 is 1.44 bits per heavy atom. The number of nitrogens with one attached hydrogen (secondary N) is 1. The van der Waals surface area contributed by atoms with Gasteiger partial charge in [-0.25, -0.2) is 0 Å². The molecule has 0 radical (unpaired) electrons. The number of aliphatic hydroxyl groups excluding tert-OH is 1. The van der Waals surface area contributed by atoms with Gasteiger partial charge in [0.1, 0.15) is 18.5 Å². The molecule has 0 aliphatic carbocycles. The lowest BCUT2D eigenvalue weighted by molar-refractivity contribution is 0.0945. The summed E-state index contributed by atoms with van der Waals surface area (Å²) in [6, 6.07) is 31.1. The average molecular weight is 451 g/mol. The molecule has 170 valence electrons. The van der Waals surface area contributed by atoms with Crippen LogP contribution in [0, 0.1) is 6.92 Å². The van der Waals surface area contributed by atoms with E-state index >= 15 is 0 Å². The minimum absolute atomic E-state index is 0.145. The number of anilines is 1. The standard InChI is InChI=1S/C29H26N2O3/c1-20-8-2-3-9-24(20)29(33)30-21-14-16-23(17-15-21)34-19-22(32)18-31-27-12-6-4-10-25(27)26-11-5-7-13-28(26)31/h2-17,22,32H,18-19H2,1H3,(H,30,33). The zero-order chi connectivity index (χ0) is 23.5. The maximum atomic E-state index is 12.5. The Hall–Kier alpha value is -4.09. The molecule has 0 aliphatic rings. The number of hydrogen-bond acceptors (Lipinski definition) is 3. The molecule has 0 saturated carbocycles. The molecule has 1 aromatic heterocycles. The third-order valence-electron chi connectivity index (χ3n) is 6.02. The molecule has 34 heavy (non-hydrogen) atoms. The fourth-order valence-corrected chi connectivity index (χ4v) is 4.32. The summed E-state index contributed by atoms with van der Waals surface area (Å²) in [5.41, 5.74) is 4.45. The van der Waals surface area contributed by atoms with E-state index in [0.717, 1.165) is 16.6 Å². The van der Waals surface area contributed by atoms with Crippen molar-refractivity contribution in [2.24, 2.45) is 0 Å². The largest absolute Gasteiger partial charge is 0.491 e. The lowest BCUT2D eigenvalue weighted by Crippen LogP contribution is -2.23. The van der Waals surface area contributed by atoms with Crippen LogP contribution in [0.5, 0.6) is 5.75 Å². The van der Waals surface area contributed by atoms with Crippen molar-refractivity contribution < 1.29 is 14.6 Å². The summed E-state index contributed by atoms with van der Waals surface area (Å²) < 4.78 is 7.97. The van der Waals surface area contributed by atoms with E-state index in [1.54, 1.807) is 30.3 Å². The van der Waals surface area contributed by atoms with E-state index in [4.69, 9.17) is 4.74 Å². The van der Waals surface area contributed by atoms with Crippen molar-refractivity contribution in [1.82, 2.24) is 4.57 Å². The quantitative estimate of drug-likeness (QED) is 0.330. The average Bonchev–Trinajstić information content (AvgIpc) is 3.17. The number of aromatic nitrogens is 1. The molecule has 1 heterocycles. The van der Waals surface area contributed by atoms with Crippen molar-refractivity contribution in [3.05, 3.63) is 108 Å². The second-order valence-corrected chi connectivity index (χ2v) is 8.40. The van der Waals surface area contributed by atoms with E-state index in [9.17, 15) is 9.90 Å². The van der Waals surface area contributed by atoms with Crippen LogP contribution in [0.4, 0.5) is 5.69 Å². The van der Waals surface area contributed by atoms with Crippen molar-refractivity contribution in [1.29, 1.82) is 0 Å². The van der Waals surface area contributed by atoms with E-state index in [0.29, 0.717) is 23.5 Å². The predicted octanol–water partition coefficient (Wildman–Crippen LogP) is 5.80. The van der Waals surface area contributed by atoms with Gasteiger partial charge in [-0.1, -0.05) is 54.6 Å². The fourth-order valence-electron chi connectivity index (χ4n) is 4.32. The van der Waals surface area contributed by atoms with E-state index < -0.39 is 6.10 Å². The lowest BCUT2D eigenvalue weighted by atomic mass is 10.1. The predicted molar refractivity (Wildman–Crippen MR) is 137 cm³/mol. The Morgan fingerprint density at radius 3 is 2.09 bits per heavy atom. The number of carbonyl (C=O) groups excluding carboxylic acids is 1. The van der Waals surface area contributed by atoms with Crippen LogP contribution >= 0.6 is 0 Å². The Balaban J connectivity index is 1.23. The van der Waals surface area contributed by atoms with Gasteiger partial charge >= 0.3 is 0 Å². The van der Waals surface area contributed by atoms with Gasteiger partial charge in [0.25, 0.3) is 5.91 Å². The van der Waals surface area contributed by atoms with Crippen LogP contribution in [-0.2, 0) is 6.54 Å². The summed E-state index contributed by atoms with van der Waals surface area (Å²) in [7, 11) is 0. The van der Waals surface area contributed by atoms with Gasteiger partial charge in [0, 0.05) is 33.1 Å². The van der Waals surface area contributed by atoms with Gasteiger partial charge in [-0.3, -0.25) is 4.79 Å². The normalized spacial score (nSPS) is 12.1. The minimum Gasteiger partial charge on any atom is -0.491 e. The second-order valence-electron chi connectivity index (χ2n) is 8.40. The number of carbonyl (C=O) groups is 1. The molecule has 0 saturated heterocycles. The van der Waals surface area contributed by atoms with Crippen molar-refractivity contribution in [2.45, 2.75) is 19.6 Å². The fraction of sp³-hybridized carbons (Fsp3) is 0.138. The highest BCUT2D eigenvalue weighted by Crippen LogP contribution is 2.29. The number of para-hydroxylation sites is 2. The number of ether oxygens (including phenoxy) is 1. The van der Waals surface area contributed by atoms with E-state index in [1.165, 1.54) is 10.8 Å². The number of benzene rings is 4. The minimum atomic E-state index is -0.681. The Kier molecular flexibility index (Phi) is 6.02. The molecule has 4 aromatic carbocycles. The summed E-state index contributed by atoms with van der Waals surface area (Å²) in [5.74, 6) is 0.489. The number of amides is 1. The molecule has 5 aromatic rings. The molecule has 0 aliphatic heterocycles. The van der Waals surface area contributed by atoms with Gasteiger partial charge in [-0.05, 0) is 55.0 Å². The van der Waals surface area contributed by atoms with Crippen molar-refractivity contribution in [3.63, 3.8) is 0 Å². The molecular formula is C29H26N2O3. The van der Waals surface area contributed by atoms with E-state index in [-0.39, 0.29) is 12.5 Å². The summed E-state index contributed by atoms with van der Waals surface area (Å²) in [4.78, 5) is 12.5. The molecule has 1 unspecified atom stereocenters. The number of nitrogens with zero attached hydrogens (tertiary/aromatic N) is 1. The van der Waals surface area contributed by atoms with E-state index in [2.05, 4.69) is 34.1 Å². The molecule has 5 nitrogen and oxygen atoms in total. The van der Waals surface area contributed by atoms with Gasteiger partial charge in [-0.15, -0.1) is 0 Å². The molecule has 0 fully saturated rings. The first-order chi connectivity index (χ1) is 16.6. The van der Waals surface area contributed by atoms with Crippen LogP contribution in [0.25, 0.3) is 21.8 Å². The van der Waals surface area contributed by atoms with Crippen LogP contribution in [0.2, 0.25) is 0 Å². The number of aryl methyl sites for hydroxylation is 1. The summed E-state index contributed by atoms with van der Waals surface area (Å²) in [6.07, 6.45) is -0.681. The van der Waals surface area contributed by atoms with Gasteiger partial charge in [-0.2, -0.15) is 0 Å². The number of aliphatic hydroxyl groups is 1. The molecule has 1 amide bonds. The van der Waals surface area contributed by atoms with Crippen LogP contribution in [0.3, 0.4) is 0 Å². The van der Waals surface area contributed by atoms with Crippen LogP contribution in [0.1, 0.15) is 15.9 Å². The second kappa shape index (κ2) is 9.41. The molecule has 0 bridgehead atoms. The summed E-state index contributed by atoms with van der Waals surface area (Å²) in [5, 5.41) is 16.0. The maximum absolute atomic E-state index is 12.5. The number of hydrogen-bond donors (Lipinski definition) is 2. The zero-order valence-electron chi connectivity index (χ0n) is 18.9. The first kappa shape index (κ1) is 21.7. The molecule has 5 heteroatoms. The highest BCUT2D eigenvalue weighted by atomic mass is 16.5. The number of fused-ring (bicyclic) bond motifs is 3. The molecule has 1 atom stereocenters. The summed E-state index contributed by atoms with van der Waals surface area (Å²) in [6.45, 7) is 2.50. The molecule has 5 rings (SSSR count). The van der Waals surface area contributed by atoms with Gasteiger partial charge in [0.15, 0.2) is 0 Å². The smallest absolute Gasteiger partial charge is 0.255 e. The Labute approximate surface area is 198 Å². The number of rotatable bonds is 7. The highest BCUT2D eigenvalue weighted by Gasteiger charge is 2.14. The monoisotopic (exact) mass is 450 g/mol. The topological polar surface area (TPSA) is 63.5 Å². The van der Waals surface area contributed by atoms with Crippen LogP contribution in [0.15, 0.2) is 97.1 Å². The summed E-state index contributed by atoms with van der Waals surface area (Å²) >= 11 is 0. The van der Waals surface area contributed by atoms with Crippen LogP contribution in [-0.4, -0.2) is 28.3 Å². The first-order valence-electron chi connectivity index (χ1n) is 11.3. The third-order valence-corrected chi connectivity index (χ3v) is 6.02. The van der Waals surface area contributed by atoms with Crippen molar-refractivity contribution >= 4 is 33.4 Å². The molecule has 2 N–H and O–H groups in total. The highest BCUT2D eigenvalue weighted by molar-refractivity contribution is 6.08. The third kappa shape index (κ3) is 4.38. The van der Waals surface area contributed by atoms with E-state index in [1.807, 2.05) is 49.4 Å². The van der Waals surface area contributed by atoms with Crippen LogP contribution < -0.4 is 10.1 Å². The SMILES string of the molecule is Cc1ccccc1C(=O)Nc1ccc(OCC(O)Cn2c3ccccc3c3ccccc32)cc1. The molecular weight excluding hydrogens is 424 g/mol.